The van der Waals surface area contributed by atoms with Crippen LogP contribution in [0.1, 0.15) is 71.6 Å². The molecule has 6 rings (SSSR count). The molecule has 0 saturated heterocycles. The minimum Gasteiger partial charge on any atom is -0.392 e. The molecule has 0 bridgehead atoms. The van der Waals surface area contributed by atoms with Crippen molar-refractivity contribution in [2.75, 3.05) is 0 Å². The van der Waals surface area contributed by atoms with Gasteiger partial charge in [-0.15, -0.1) is 35.9 Å². The second kappa shape index (κ2) is 13.7. The van der Waals surface area contributed by atoms with Crippen molar-refractivity contribution in [3.63, 3.8) is 0 Å². The summed E-state index contributed by atoms with van der Waals surface area (Å²) in [5.41, 5.74) is 2.01. The van der Waals surface area contributed by atoms with Crippen LogP contribution >= 0.6 is 0 Å². The van der Waals surface area contributed by atoms with E-state index in [4.69, 9.17) is 0 Å². The molecular formula is C34H44IrNO2-. The van der Waals surface area contributed by atoms with Crippen LogP contribution in [-0.4, -0.2) is 27.4 Å². The first-order valence-corrected chi connectivity index (χ1v) is 14.7. The van der Waals surface area contributed by atoms with Gasteiger partial charge in [-0.2, -0.15) is 0 Å². The number of fused-ring (bicyclic) bond motifs is 2. The Labute approximate surface area is 242 Å². The summed E-state index contributed by atoms with van der Waals surface area (Å²) in [6, 6.07) is 21.4. The van der Waals surface area contributed by atoms with Gasteiger partial charge < -0.3 is 15.2 Å². The van der Waals surface area contributed by atoms with Crippen molar-refractivity contribution in [3.05, 3.63) is 66.9 Å². The standard InChI is InChI=1S/C19H34O2.C15H10N.Ir/c1-12(2)15-10-8-14-9-11-16(13-6-4-3-5-7-13)19(21)17(14)18(15)20;1-2-6-12(7-3-1)15-10-13-8-4-5-9-14(13)11-16-15;/h12-21H,3-11H2,1-2H3;1-6,8-11H;/q;-1;/t14?,15-,16?,17?,18?,19?;;/m1../s1. The summed E-state index contributed by atoms with van der Waals surface area (Å²) in [4.78, 5) is 4.45. The Hall–Kier alpha value is -1.58. The number of benzene rings is 2. The molecule has 3 nitrogen and oxygen atoms in total. The molecule has 3 aliphatic rings. The van der Waals surface area contributed by atoms with Crippen LogP contribution in [0.25, 0.3) is 22.0 Å². The fraction of sp³-hybridized carbons (Fsp3) is 0.559. The quantitative estimate of drug-likeness (QED) is 0.277. The Bertz CT molecular complexity index is 1130. The van der Waals surface area contributed by atoms with Gasteiger partial charge in [-0.25, -0.2) is 0 Å². The number of nitrogens with zero attached hydrogens (tertiary/aromatic N) is 1. The molecule has 6 atom stereocenters. The average molecular weight is 691 g/mol. The number of aliphatic hydroxyl groups excluding tert-OH is 2. The van der Waals surface area contributed by atoms with Crippen LogP contribution in [0, 0.1) is 41.6 Å². The van der Waals surface area contributed by atoms with Gasteiger partial charge in [0.05, 0.1) is 12.2 Å². The van der Waals surface area contributed by atoms with E-state index in [0.29, 0.717) is 23.7 Å². The van der Waals surface area contributed by atoms with Crippen molar-refractivity contribution in [1.82, 2.24) is 4.98 Å². The van der Waals surface area contributed by atoms with E-state index in [9.17, 15) is 10.2 Å². The van der Waals surface area contributed by atoms with E-state index in [-0.39, 0.29) is 38.2 Å². The maximum absolute atomic E-state index is 11.0. The van der Waals surface area contributed by atoms with Crippen molar-refractivity contribution in [1.29, 1.82) is 0 Å². The van der Waals surface area contributed by atoms with Gasteiger partial charge in [0, 0.05) is 32.2 Å². The maximum Gasteiger partial charge on any atom is 0.0626 e. The molecule has 38 heavy (non-hydrogen) atoms. The molecule has 1 aromatic heterocycles. The Balaban J connectivity index is 0.000000178. The molecule has 3 aromatic rings. The fourth-order valence-corrected chi connectivity index (χ4v) is 7.60. The minimum absolute atomic E-state index is 0. The molecule has 1 radical (unpaired) electrons. The van der Waals surface area contributed by atoms with Gasteiger partial charge in [-0.3, -0.25) is 0 Å². The maximum atomic E-state index is 11.0. The average Bonchev–Trinajstić information content (AvgIpc) is 2.94. The van der Waals surface area contributed by atoms with E-state index in [0.717, 1.165) is 23.6 Å². The van der Waals surface area contributed by atoms with Crippen molar-refractivity contribution in [2.45, 2.75) is 83.8 Å². The van der Waals surface area contributed by atoms with E-state index < -0.39 is 0 Å². The molecule has 3 fully saturated rings. The Kier molecular flexibility index (Phi) is 10.6. The van der Waals surface area contributed by atoms with Crippen LogP contribution in [0.5, 0.6) is 0 Å². The van der Waals surface area contributed by atoms with Crippen molar-refractivity contribution in [3.8, 4) is 11.3 Å². The van der Waals surface area contributed by atoms with Gasteiger partial charge in [0.15, 0.2) is 0 Å². The normalized spacial score (nSPS) is 29.6. The number of aliphatic hydroxyl groups is 2. The number of hydrogen-bond donors (Lipinski definition) is 2. The molecule has 0 amide bonds. The molecule has 2 aromatic carbocycles. The Morgan fingerprint density at radius 2 is 1.50 bits per heavy atom. The minimum atomic E-state index is -0.273. The Morgan fingerprint density at radius 1 is 0.789 bits per heavy atom. The van der Waals surface area contributed by atoms with E-state index in [2.05, 4.69) is 43.1 Å². The number of aromatic nitrogens is 1. The van der Waals surface area contributed by atoms with E-state index in [1.54, 1.807) is 0 Å². The van der Waals surface area contributed by atoms with E-state index >= 15 is 0 Å². The number of rotatable bonds is 3. The smallest absolute Gasteiger partial charge is 0.0626 e. The third-order valence-electron chi connectivity index (χ3n) is 9.68. The third-order valence-corrected chi connectivity index (χ3v) is 9.68. The Morgan fingerprint density at radius 3 is 2.21 bits per heavy atom. The van der Waals surface area contributed by atoms with Gasteiger partial charge in [0.1, 0.15) is 0 Å². The van der Waals surface area contributed by atoms with Crippen LogP contribution in [0.15, 0.2) is 60.8 Å². The van der Waals surface area contributed by atoms with Gasteiger partial charge >= 0.3 is 0 Å². The molecule has 5 unspecified atom stereocenters. The zero-order valence-electron chi connectivity index (χ0n) is 22.9. The number of hydrogen-bond acceptors (Lipinski definition) is 3. The monoisotopic (exact) mass is 691 g/mol. The summed E-state index contributed by atoms with van der Waals surface area (Å²) in [5.74, 6) is 2.85. The van der Waals surface area contributed by atoms with Crippen molar-refractivity contribution < 1.29 is 30.3 Å². The molecule has 3 saturated carbocycles. The molecule has 4 heteroatoms. The predicted octanol–water partition coefficient (Wildman–Crippen LogP) is 7.70. The largest absolute Gasteiger partial charge is 0.392 e. The predicted molar refractivity (Wildman–Crippen MR) is 152 cm³/mol. The van der Waals surface area contributed by atoms with Crippen LogP contribution in [0.4, 0.5) is 0 Å². The molecule has 3 aliphatic carbocycles. The molecule has 2 N–H and O–H groups in total. The first-order valence-electron chi connectivity index (χ1n) is 14.7. The van der Waals surface area contributed by atoms with Crippen LogP contribution < -0.4 is 0 Å². The summed E-state index contributed by atoms with van der Waals surface area (Å²) in [5, 5.41) is 24.3. The van der Waals surface area contributed by atoms with Gasteiger partial charge in [0.25, 0.3) is 0 Å². The van der Waals surface area contributed by atoms with Gasteiger partial charge in [-0.1, -0.05) is 76.3 Å². The van der Waals surface area contributed by atoms with E-state index in [1.165, 1.54) is 62.1 Å². The van der Waals surface area contributed by atoms with Crippen LogP contribution in [-0.2, 0) is 20.1 Å². The molecule has 207 valence electrons. The van der Waals surface area contributed by atoms with E-state index in [1.807, 2.05) is 42.6 Å². The summed E-state index contributed by atoms with van der Waals surface area (Å²) in [7, 11) is 0. The molecule has 0 spiro atoms. The molecular weight excluding hydrogens is 647 g/mol. The topological polar surface area (TPSA) is 53.4 Å². The molecule has 1 heterocycles. The summed E-state index contributed by atoms with van der Waals surface area (Å²) in [6.45, 7) is 4.45. The van der Waals surface area contributed by atoms with Crippen LogP contribution in [0.3, 0.4) is 0 Å². The van der Waals surface area contributed by atoms with Gasteiger partial charge in [-0.05, 0) is 71.7 Å². The summed E-state index contributed by atoms with van der Waals surface area (Å²) in [6.07, 6.45) is 12.9. The molecule has 0 aliphatic heterocycles. The first kappa shape index (κ1) is 29.4. The zero-order valence-corrected chi connectivity index (χ0v) is 25.3. The fourth-order valence-electron chi connectivity index (χ4n) is 7.60. The summed E-state index contributed by atoms with van der Waals surface area (Å²) >= 11 is 0. The van der Waals surface area contributed by atoms with Crippen molar-refractivity contribution >= 4 is 10.8 Å². The second-order valence-electron chi connectivity index (χ2n) is 12.1. The second-order valence-corrected chi connectivity index (χ2v) is 12.1. The van der Waals surface area contributed by atoms with Crippen molar-refractivity contribution in [2.24, 2.45) is 35.5 Å². The van der Waals surface area contributed by atoms with Gasteiger partial charge in [0.2, 0.25) is 0 Å². The zero-order chi connectivity index (χ0) is 25.8. The first-order chi connectivity index (χ1) is 18.0. The third kappa shape index (κ3) is 6.58. The number of pyridine rings is 1. The summed E-state index contributed by atoms with van der Waals surface area (Å²) < 4.78 is 0. The SMILES string of the molecule is CC(C)[C@H]1CCC2CCC(C3CCCCC3)C(O)C2C1O.[Ir].[c-]1ccccc1-c1cc2ccccc2cn1. The van der Waals surface area contributed by atoms with Crippen LogP contribution in [0.2, 0.25) is 0 Å².